The number of hydrogen-bond donors (Lipinski definition) is 0. The average Bonchev–Trinajstić information content (AvgIpc) is 1.63. The van der Waals surface area contributed by atoms with Crippen LogP contribution in [-0.4, -0.2) is 41.2 Å². The van der Waals surface area contributed by atoms with Crippen molar-refractivity contribution >= 4 is 29.1 Å². The molecule has 0 saturated carbocycles. The number of hydrogen-bond acceptors (Lipinski definition) is 2. The predicted octanol–water partition coefficient (Wildman–Crippen LogP) is 0.647. The summed E-state index contributed by atoms with van der Waals surface area (Å²) < 4.78 is 9.41. The van der Waals surface area contributed by atoms with E-state index in [-0.39, 0.29) is 5.91 Å². The van der Waals surface area contributed by atoms with Crippen LogP contribution in [0.4, 0.5) is 0 Å². The number of hydroxylamine groups is 2. The molecule has 0 fully saturated rings. The van der Waals surface area contributed by atoms with E-state index in [0.29, 0.717) is 0 Å². The van der Waals surface area contributed by atoms with Gasteiger partial charge in [0.1, 0.15) is 0 Å². The van der Waals surface area contributed by atoms with Crippen molar-refractivity contribution in [2.45, 2.75) is 15.9 Å². The number of carbonyl (C=O) groups is 1. The van der Waals surface area contributed by atoms with Gasteiger partial charge in [0.25, 0.3) is 0 Å². The standard InChI is InChI=1S/C3H6NO2.2CH3.Tl/c1-3(5)4(2)6;;;/h1-2H3;2*1H3;/q-1;;;+1. The fraction of sp³-hybridized carbons (Fsp3) is 0.800. The van der Waals surface area contributed by atoms with Crippen LogP contribution >= 0.6 is 0 Å². The first-order valence-corrected chi connectivity index (χ1v) is 13.8. The monoisotopic (exact) mass is 323 g/mol. The van der Waals surface area contributed by atoms with Crippen LogP contribution in [0.1, 0.15) is 6.92 Å². The SMILES string of the molecule is CC(=O)N(C)[O][Tl]([CH3])[CH3]. The van der Waals surface area contributed by atoms with Crippen molar-refractivity contribution in [3.05, 3.63) is 0 Å². The normalized spacial score (nSPS) is 8.89. The molecule has 4 heteroatoms. The summed E-state index contributed by atoms with van der Waals surface area (Å²) in [6.45, 7) is 1.50. The first-order chi connectivity index (χ1) is 4.04. The number of amides is 1. The Morgan fingerprint density at radius 3 is 2.11 bits per heavy atom. The molecule has 0 aliphatic rings. The van der Waals surface area contributed by atoms with Crippen LogP contribution in [-0.2, 0) is 7.58 Å². The van der Waals surface area contributed by atoms with Gasteiger partial charge in [-0.1, -0.05) is 0 Å². The van der Waals surface area contributed by atoms with Crippen LogP contribution in [0.15, 0.2) is 0 Å². The van der Waals surface area contributed by atoms with Crippen LogP contribution in [0.2, 0.25) is 8.97 Å². The minimum absolute atomic E-state index is 0.0244. The van der Waals surface area contributed by atoms with Gasteiger partial charge in [0, 0.05) is 0 Å². The molecule has 1 amide bonds. The zero-order valence-corrected chi connectivity index (χ0v) is 10.8. The second kappa shape index (κ2) is 4.21. The van der Waals surface area contributed by atoms with Crippen LogP contribution in [0.5, 0.6) is 0 Å². The van der Waals surface area contributed by atoms with Gasteiger partial charge in [0.15, 0.2) is 0 Å². The minimum atomic E-state index is -1.77. The van der Waals surface area contributed by atoms with E-state index in [1.54, 1.807) is 7.05 Å². The first kappa shape index (κ1) is 9.35. The molecular formula is C5H12NO2Tl. The Bertz CT molecular complexity index is 105. The third-order valence-electron chi connectivity index (χ3n) is 0.812. The number of rotatable bonds is 2. The van der Waals surface area contributed by atoms with Crippen molar-refractivity contribution in [1.82, 2.24) is 5.06 Å². The fourth-order valence-corrected chi connectivity index (χ4v) is 3.43. The molecule has 0 heterocycles. The third kappa shape index (κ3) is 4.83. The number of nitrogens with zero attached hydrogens (tertiary/aromatic N) is 1. The quantitative estimate of drug-likeness (QED) is 0.552. The molecule has 52 valence electrons. The van der Waals surface area contributed by atoms with E-state index in [1.807, 2.05) is 0 Å². The molecule has 0 aliphatic carbocycles. The van der Waals surface area contributed by atoms with Gasteiger partial charge in [0.05, 0.1) is 0 Å². The van der Waals surface area contributed by atoms with E-state index in [1.165, 1.54) is 12.0 Å². The molecule has 0 radical (unpaired) electrons. The summed E-state index contributed by atoms with van der Waals surface area (Å²) in [5.41, 5.74) is 0. The van der Waals surface area contributed by atoms with E-state index < -0.39 is 23.2 Å². The van der Waals surface area contributed by atoms with Crippen LogP contribution < -0.4 is 0 Å². The van der Waals surface area contributed by atoms with E-state index in [9.17, 15) is 4.79 Å². The second-order valence-electron chi connectivity index (χ2n) is 2.17. The fourth-order valence-electron chi connectivity index (χ4n) is 0.390. The Morgan fingerprint density at radius 2 is 2.00 bits per heavy atom. The Morgan fingerprint density at radius 1 is 1.56 bits per heavy atom. The number of carbonyl (C=O) groups excluding carboxylic acids is 1. The summed E-state index contributed by atoms with van der Waals surface area (Å²) in [6, 6.07) is 0. The van der Waals surface area contributed by atoms with Gasteiger partial charge in [-0.15, -0.1) is 0 Å². The van der Waals surface area contributed by atoms with Gasteiger partial charge in [-0.3, -0.25) is 0 Å². The summed E-state index contributed by atoms with van der Waals surface area (Å²) >= 11 is -1.77. The molecule has 0 N–H and O–H groups in total. The van der Waals surface area contributed by atoms with Crippen molar-refractivity contribution in [1.29, 1.82) is 0 Å². The molecule has 0 bridgehead atoms. The van der Waals surface area contributed by atoms with E-state index >= 15 is 0 Å². The maximum absolute atomic E-state index is 10.5. The molecule has 0 aromatic rings. The molecule has 0 spiro atoms. The molecular weight excluding hydrogens is 310 g/mol. The molecule has 9 heavy (non-hydrogen) atoms. The zero-order valence-electron chi connectivity index (χ0n) is 6.34. The van der Waals surface area contributed by atoms with Crippen molar-refractivity contribution in [3.8, 4) is 0 Å². The van der Waals surface area contributed by atoms with Crippen molar-refractivity contribution < 1.29 is 7.58 Å². The molecule has 0 aliphatic heterocycles. The Balaban J connectivity index is 3.50. The van der Waals surface area contributed by atoms with Gasteiger partial charge >= 0.3 is 64.6 Å². The predicted molar refractivity (Wildman–Crippen MR) is 37.0 cm³/mol. The van der Waals surface area contributed by atoms with Gasteiger partial charge in [0.2, 0.25) is 0 Å². The van der Waals surface area contributed by atoms with E-state index in [0.717, 1.165) is 0 Å². The van der Waals surface area contributed by atoms with Crippen LogP contribution in [0.25, 0.3) is 0 Å². The Kier molecular flexibility index (Phi) is 4.38. The van der Waals surface area contributed by atoms with E-state index in [2.05, 4.69) is 8.97 Å². The summed E-state index contributed by atoms with van der Waals surface area (Å²) in [6.07, 6.45) is 0. The Hall–Kier alpha value is 0.352. The maximum atomic E-state index is 10.5. The Labute approximate surface area is 64.7 Å². The van der Waals surface area contributed by atoms with Crippen LogP contribution in [0, 0.1) is 0 Å². The van der Waals surface area contributed by atoms with Crippen molar-refractivity contribution in [2.75, 3.05) is 7.05 Å². The summed E-state index contributed by atoms with van der Waals surface area (Å²) in [5.74, 6) is -0.0244. The van der Waals surface area contributed by atoms with E-state index in [4.69, 9.17) is 2.79 Å². The zero-order chi connectivity index (χ0) is 7.44. The summed E-state index contributed by atoms with van der Waals surface area (Å²) in [4.78, 5) is 10.5. The molecule has 0 aromatic heterocycles. The summed E-state index contributed by atoms with van der Waals surface area (Å²) in [5, 5.41) is 1.33. The molecule has 0 unspecified atom stereocenters. The first-order valence-electron chi connectivity index (χ1n) is 2.95. The van der Waals surface area contributed by atoms with Crippen molar-refractivity contribution in [3.63, 3.8) is 0 Å². The van der Waals surface area contributed by atoms with Crippen LogP contribution in [0.3, 0.4) is 0 Å². The van der Waals surface area contributed by atoms with Gasteiger partial charge < -0.3 is 0 Å². The molecule has 0 rings (SSSR count). The van der Waals surface area contributed by atoms with Crippen molar-refractivity contribution in [2.24, 2.45) is 0 Å². The molecule has 0 aromatic carbocycles. The van der Waals surface area contributed by atoms with Gasteiger partial charge in [-0.05, 0) is 0 Å². The summed E-state index contributed by atoms with van der Waals surface area (Å²) in [7, 11) is 1.66. The molecule has 0 atom stereocenters. The second-order valence-corrected chi connectivity index (χ2v) is 11.1. The van der Waals surface area contributed by atoms with Gasteiger partial charge in [-0.2, -0.15) is 0 Å². The van der Waals surface area contributed by atoms with Gasteiger partial charge in [-0.25, -0.2) is 0 Å². The molecule has 3 nitrogen and oxygen atoms in total. The third-order valence-corrected chi connectivity index (χ3v) is 3.68. The molecule has 0 saturated heterocycles. The topological polar surface area (TPSA) is 29.5 Å². The average molecular weight is 323 g/mol.